The van der Waals surface area contributed by atoms with E-state index in [0.29, 0.717) is 36.2 Å². The summed E-state index contributed by atoms with van der Waals surface area (Å²) < 4.78 is 22.5. The Kier molecular flexibility index (Phi) is 7.26. The molecule has 1 amide bonds. The third-order valence-electron chi connectivity index (χ3n) is 6.17. The Morgan fingerprint density at radius 3 is 2.74 bits per heavy atom. The molecule has 2 aliphatic rings. The van der Waals surface area contributed by atoms with Crippen molar-refractivity contribution in [1.29, 1.82) is 0 Å². The monoisotopic (exact) mass is 469 g/mol. The van der Waals surface area contributed by atoms with Crippen LogP contribution in [0.3, 0.4) is 0 Å². The summed E-state index contributed by atoms with van der Waals surface area (Å²) in [6.45, 7) is 5.69. The van der Waals surface area contributed by atoms with Gasteiger partial charge in [-0.05, 0) is 55.0 Å². The second kappa shape index (κ2) is 10.3. The zero-order valence-corrected chi connectivity index (χ0v) is 19.8. The average Bonchev–Trinajstić information content (AvgIpc) is 3.58. The van der Waals surface area contributed by atoms with Crippen LogP contribution < -0.4 is 9.47 Å². The number of aliphatic hydroxyl groups is 1. The first kappa shape index (κ1) is 23.9. The summed E-state index contributed by atoms with van der Waals surface area (Å²) in [5.41, 5.74) is 0.604. The number of hydrogen-bond acceptors (Lipinski definition) is 7. The van der Waals surface area contributed by atoms with E-state index in [1.165, 1.54) is 17.2 Å². The molecule has 2 unspecified atom stereocenters. The highest BCUT2D eigenvalue weighted by molar-refractivity contribution is 6.15. The van der Waals surface area contributed by atoms with Crippen molar-refractivity contribution in [2.75, 3.05) is 26.9 Å². The molecule has 4 rings (SSSR count). The van der Waals surface area contributed by atoms with Gasteiger partial charge in [-0.25, -0.2) is 0 Å². The van der Waals surface area contributed by atoms with Gasteiger partial charge in [-0.3, -0.25) is 9.59 Å². The fourth-order valence-electron chi connectivity index (χ4n) is 4.35. The summed E-state index contributed by atoms with van der Waals surface area (Å²) in [7, 11) is 1.54. The molecule has 182 valence electrons. The second-order valence-electron chi connectivity index (χ2n) is 9.01. The van der Waals surface area contributed by atoms with E-state index in [1.54, 1.807) is 31.4 Å². The van der Waals surface area contributed by atoms with Crippen LogP contribution in [0.25, 0.3) is 0 Å². The Bertz CT molecular complexity index is 1050. The number of methoxy groups -OCH3 is 1. The van der Waals surface area contributed by atoms with Crippen molar-refractivity contribution in [1.82, 2.24) is 4.90 Å². The molecule has 2 aliphatic heterocycles. The Balaban J connectivity index is 1.70. The third-order valence-corrected chi connectivity index (χ3v) is 6.17. The molecule has 1 saturated heterocycles. The van der Waals surface area contributed by atoms with Gasteiger partial charge in [-0.1, -0.05) is 19.9 Å². The minimum atomic E-state index is -0.812. The number of carbonyl (C=O) groups is 2. The minimum Gasteiger partial charge on any atom is -0.503 e. The standard InChI is InChI=1S/C26H31NO7/c1-16(2)10-13-34-19-9-8-17(14-21(19)31-3)23-22(24(28)20-7-5-12-33-20)25(29)26(30)27(23)15-18-6-4-11-32-18/h5,7-9,12,14,16,18,23,29H,4,6,10-11,13,15H2,1-3H3. The lowest BCUT2D eigenvalue weighted by Gasteiger charge is -2.29. The topological polar surface area (TPSA) is 98.4 Å². The van der Waals surface area contributed by atoms with Gasteiger partial charge in [-0.15, -0.1) is 0 Å². The lowest BCUT2D eigenvalue weighted by atomic mass is 9.94. The highest BCUT2D eigenvalue weighted by atomic mass is 16.5. The molecule has 2 atom stereocenters. The minimum absolute atomic E-state index is 0.0199. The van der Waals surface area contributed by atoms with Crippen LogP contribution >= 0.6 is 0 Å². The zero-order chi connectivity index (χ0) is 24.2. The summed E-state index contributed by atoms with van der Waals surface area (Å²) in [4.78, 5) is 27.9. The fourth-order valence-corrected chi connectivity index (χ4v) is 4.35. The van der Waals surface area contributed by atoms with Gasteiger partial charge < -0.3 is 28.6 Å². The largest absolute Gasteiger partial charge is 0.503 e. The van der Waals surface area contributed by atoms with Gasteiger partial charge in [0.25, 0.3) is 5.91 Å². The molecular weight excluding hydrogens is 438 g/mol. The first-order valence-electron chi connectivity index (χ1n) is 11.6. The third kappa shape index (κ3) is 4.82. The smallest absolute Gasteiger partial charge is 0.290 e. The van der Waals surface area contributed by atoms with Crippen LogP contribution in [-0.4, -0.2) is 54.7 Å². The van der Waals surface area contributed by atoms with Crippen molar-refractivity contribution in [3.63, 3.8) is 0 Å². The van der Waals surface area contributed by atoms with E-state index in [4.69, 9.17) is 18.6 Å². The SMILES string of the molecule is COc1cc(C2C(C(=O)c3ccco3)=C(O)C(=O)N2CC2CCCO2)ccc1OCCC(C)C. The molecular formula is C26H31NO7. The average molecular weight is 470 g/mol. The van der Waals surface area contributed by atoms with E-state index in [9.17, 15) is 14.7 Å². The maximum Gasteiger partial charge on any atom is 0.290 e. The molecule has 2 aromatic rings. The summed E-state index contributed by atoms with van der Waals surface area (Å²) >= 11 is 0. The van der Waals surface area contributed by atoms with Crippen LogP contribution in [0.2, 0.25) is 0 Å². The van der Waals surface area contributed by atoms with Crippen molar-refractivity contribution < 1.29 is 33.3 Å². The molecule has 1 aromatic heterocycles. The Labute approximate surface area is 199 Å². The van der Waals surface area contributed by atoms with Gasteiger partial charge in [0, 0.05) is 13.2 Å². The second-order valence-corrected chi connectivity index (χ2v) is 9.01. The van der Waals surface area contributed by atoms with Crippen molar-refractivity contribution >= 4 is 11.7 Å². The normalized spacial score (nSPS) is 20.5. The van der Waals surface area contributed by atoms with Crippen LogP contribution in [-0.2, 0) is 9.53 Å². The maximum absolute atomic E-state index is 13.3. The van der Waals surface area contributed by atoms with Crippen LogP contribution in [0.4, 0.5) is 0 Å². The van der Waals surface area contributed by atoms with Crippen LogP contribution in [0.1, 0.15) is 55.3 Å². The predicted octanol–water partition coefficient (Wildman–Crippen LogP) is 4.47. The highest BCUT2D eigenvalue weighted by Crippen LogP contribution is 2.42. The summed E-state index contributed by atoms with van der Waals surface area (Å²) in [6.07, 6.45) is 3.84. The number of aliphatic hydroxyl groups excluding tert-OH is 1. The quantitative estimate of drug-likeness (QED) is 0.513. The molecule has 3 heterocycles. The predicted molar refractivity (Wildman–Crippen MR) is 124 cm³/mol. The molecule has 0 bridgehead atoms. The Morgan fingerprint density at radius 2 is 2.09 bits per heavy atom. The summed E-state index contributed by atoms with van der Waals surface area (Å²) in [6, 6.07) is 7.61. The molecule has 0 saturated carbocycles. The van der Waals surface area contributed by atoms with E-state index < -0.39 is 23.5 Å². The zero-order valence-electron chi connectivity index (χ0n) is 19.8. The molecule has 1 aromatic carbocycles. The molecule has 0 radical (unpaired) electrons. The molecule has 1 N–H and O–H groups in total. The van der Waals surface area contributed by atoms with Gasteiger partial charge in [0.2, 0.25) is 5.78 Å². The molecule has 8 heteroatoms. The van der Waals surface area contributed by atoms with E-state index >= 15 is 0 Å². The molecule has 0 aliphatic carbocycles. The Morgan fingerprint density at radius 1 is 1.26 bits per heavy atom. The number of rotatable bonds is 10. The number of amides is 1. The number of benzene rings is 1. The number of furan rings is 1. The maximum atomic E-state index is 13.3. The molecule has 34 heavy (non-hydrogen) atoms. The number of hydrogen-bond donors (Lipinski definition) is 1. The van der Waals surface area contributed by atoms with Crippen molar-refractivity contribution in [3.8, 4) is 11.5 Å². The van der Waals surface area contributed by atoms with Gasteiger partial charge in [0.05, 0.1) is 37.7 Å². The number of Topliss-reactive ketones (excluding diaryl/α,β-unsaturated/α-hetero) is 1. The first-order valence-corrected chi connectivity index (χ1v) is 11.6. The molecule has 1 fully saturated rings. The van der Waals surface area contributed by atoms with Gasteiger partial charge >= 0.3 is 0 Å². The van der Waals surface area contributed by atoms with E-state index in [1.807, 2.05) is 0 Å². The van der Waals surface area contributed by atoms with E-state index in [0.717, 1.165) is 19.3 Å². The van der Waals surface area contributed by atoms with Gasteiger partial charge in [0.15, 0.2) is 23.0 Å². The molecule has 0 spiro atoms. The van der Waals surface area contributed by atoms with Crippen molar-refractivity contribution in [3.05, 3.63) is 59.3 Å². The highest BCUT2D eigenvalue weighted by Gasteiger charge is 2.45. The number of ether oxygens (including phenoxy) is 3. The van der Waals surface area contributed by atoms with Crippen LogP contribution in [0, 0.1) is 5.92 Å². The van der Waals surface area contributed by atoms with Crippen LogP contribution in [0.5, 0.6) is 11.5 Å². The van der Waals surface area contributed by atoms with E-state index in [2.05, 4.69) is 13.8 Å². The first-order chi connectivity index (χ1) is 16.4. The lowest BCUT2D eigenvalue weighted by molar-refractivity contribution is -0.131. The number of nitrogens with zero attached hydrogens (tertiary/aromatic N) is 1. The van der Waals surface area contributed by atoms with Gasteiger partial charge in [-0.2, -0.15) is 0 Å². The number of ketones is 1. The van der Waals surface area contributed by atoms with E-state index in [-0.39, 0.29) is 24.0 Å². The van der Waals surface area contributed by atoms with Gasteiger partial charge in [0.1, 0.15) is 0 Å². The Hall–Kier alpha value is -3.26. The summed E-state index contributed by atoms with van der Waals surface area (Å²) in [5, 5.41) is 10.8. The number of carbonyl (C=O) groups excluding carboxylic acids is 2. The van der Waals surface area contributed by atoms with Crippen molar-refractivity contribution in [2.45, 2.75) is 45.3 Å². The lowest BCUT2D eigenvalue weighted by Crippen LogP contribution is -2.37. The van der Waals surface area contributed by atoms with Crippen LogP contribution in [0.15, 0.2) is 52.3 Å². The summed E-state index contributed by atoms with van der Waals surface area (Å²) in [5.74, 6) is -0.0847. The fraction of sp³-hybridized carbons (Fsp3) is 0.462. The van der Waals surface area contributed by atoms with Crippen molar-refractivity contribution in [2.24, 2.45) is 5.92 Å². The molecule has 8 nitrogen and oxygen atoms in total.